The van der Waals surface area contributed by atoms with Crippen molar-refractivity contribution in [2.75, 3.05) is 50.8 Å². The van der Waals surface area contributed by atoms with Gasteiger partial charge in [-0.15, -0.1) is 0 Å². The molecule has 2 unspecified atom stereocenters. The standard InChI is InChI=1S/C31H35ClN6O4/c1-4-23(39)36-10-11-37(18(3)14-36)29-21-12-22(32)26(24-17(2)6-7-19-13-33-30(40)25(19)24)28-27(21)38(31(41)34-29)20(16-42-28)15-35-8-5-9-35/h4,6-7,12,18,20,31,41H,1,5,8-11,13-16H2,2-3H3,(H,33,40)/t18-,20?,31?/m0/s1. The second-order valence-electron chi connectivity index (χ2n) is 11.8. The Labute approximate surface area is 250 Å². The monoisotopic (exact) mass is 590 g/mol. The number of hydrogen-bond acceptors (Lipinski definition) is 8. The number of likely N-dealkylation sites (tertiary alicyclic amines) is 1. The summed E-state index contributed by atoms with van der Waals surface area (Å²) in [5, 5.41) is 15.1. The van der Waals surface area contributed by atoms with Crippen molar-refractivity contribution in [3.05, 3.63) is 58.1 Å². The minimum absolute atomic E-state index is 0.0565. The van der Waals surface area contributed by atoms with E-state index in [4.69, 9.17) is 21.3 Å². The summed E-state index contributed by atoms with van der Waals surface area (Å²) in [6.07, 6.45) is 1.38. The van der Waals surface area contributed by atoms with Gasteiger partial charge in [0.15, 0.2) is 5.75 Å². The van der Waals surface area contributed by atoms with E-state index in [1.165, 1.54) is 12.5 Å². The zero-order valence-electron chi connectivity index (χ0n) is 23.9. The fourth-order valence-electron chi connectivity index (χ4n) is 6.98. The molecule has 220 valence electrons. The minimum atomic E-state index is -1.12. The Kier molecular flexibility index (Phi) is 6.67. The van der Waals surface area contributed by atoms with Crippen LogP contribution in [0.4, 0.5) is 5.69 Å². The molecule has 0 saturated carbocycles. The van der Waals surface area contributed by atoms with Gasteiger partial charge in [-0.2, -0.15) is 0 Å². The first-order valence-electron chi connectivity index (χ1n) is 14.6. The number of anilines is 1. The second-order valence-corrected chi connectivity index (χ2v) is 12.2. The molecule has 3 atom stereocenters. The molecule has 2 aromatic rings. The molecular weight excluding hydrogens is 556 g/mol. The number of rotatable bonds is 4. The summed E-state index contributed by atoms with van der Waals surface area (Å²) in [4.78, 5) is 38.5. The lowest BCUT2D eigenvalue weighted by Crippen LogP contribution is -2.60. The van der Waals surface area contributed by atoms with E-state index in [0.717, 1.165) is 47.6 Å². The van der Waals surface area contributed by atoms with Crippen LogP contribution in [0.15, 0.2) is 35.8 Å². The van der Waals surface area contributed by atoms with E-state index in [1.54, 1.807) is 4.90 Å². The van der Waals surface area contributed by atoms with Gasteiger partial charge in [-0.05, 0) is 56.6 Å². The summed E-state index contributed by atoms with van der Waals surface area (Å²) >= 11 is 7.15. The third kappa shape index (κ3) is 4.19. The lowest BCUT2D eigenvalue weighted by molar-refractivity contribution is -0.128. The van der Waals surface area contributed by atoms with Crippen molar-refractivity contribution in [1.82, 2.24) is 20.0 Å². The fraction of sp³-hybridized carbons (Fsp3) is 0.452. The number of hydrogen-bond donors (Lipinski definition) is 2. The lowest BCUT2D eigenvalue weighted by Gasteiger charge is -2.49. The molecule has 42 heavy (non-hydrogen) atoms. The van der Waals surface area contributed by atoms with Crippen LogP contribution in [0.25, 0.3) is 11.1 Å². The van der Waals surface area contributed by atoms with Crippen molar-refractivity contribution in [1.29, 1.82) is 0 Å². The maximum absolute atomic E-state index is 13.0. The summed E-state index contributed by atoms with van der Waals surface area (Å²) in [5.74, 6) is 0.965. The highest BCUT2D eigenvalue weighted by atomic mass is 35.5. The van der Waals surface area contributed by atoms with Crippen molar-refractivity contribution in [3.63, 3.8) is 0 Å². The first kappa shape index (κ1) is 27.2. The SMILES string of the molecule is C=CC(=O)N1CCN(C2=NC(O)N3c4c2cc(Cl)c(-c2c(C)ccc5c2C(=O)NC5)c4OCC3CN2CCC2)[C@@H](C)C1. The topological polar surface area (TPSA) is 101 Å². The van der Waals surface area contributed by atoms with E-state index >= 15 is 0 Å². The molecule has 0 aliphatic carbocycles. The predicted octanol–water partition coefficient (Wildman–Crippen LogP) is 2.59. The Morgan fingerprint density at radius 1 is 1.24 bits per heavy atom. The number of aliphatic imine (C=N–C) groups is 1. The smallest absolute Gasteiger partial charge is 0.252 e. The maximum Gasteiger partial charge on any atom is 0.252 e. The van der Waals surface area contributed by atoms with Crippen molar-refractivity contribution < 1.29 is 19.4 Å². The van der Waals surface area contributed by atoms with Crippen molar-refractivity contribution in [3.8, 4) is 16.9 Å². The van der Waals surface area contributed by atoms with Gasteiger partial charge >= 0.3 is 0 Å². The average molecular weight is 591 g/mol. The Bertz CT molecular complexity index is 1540. The number of carbonyl (C=O) groups is 2. The van der Waals surface area contributed by atoms with Crippen LogP contribution >= 0.6 is 11.6 Å². The number of aliphatic hydroxyl groups is 1. The number of amidine groups is 1. The molecule has 2 aromatic carbocycles. The summed E-state index contributed by atoms with van der Waals surface area (Å²) in [7, 11) is 0. The van der Waals surface area contributed by atoms with Gasteiger partial charge in [-0.1, -0.05) is 30.3 Å². The number of benzene rings is 2. The molecular formula is C31H35ClN6O4. The van der Waals surface area contributed by atoms with Crippen molar-refractivity contribution in [2.45, 2.75) is 45.2 Å². The van der Waals surface area contributed by atoms with Crippen LogP contribution in [-0.2, 0) is 11.3 Å². The van der Waals surface area contributed by atoms with Crippen LogP contribution in [0, 0.1) is 6.92 Å². The van der Waals surface area contributed by atoms with Crippen LogP contribution < -0.4 is 15.0 Å². The molecule has 2 saturated heterocycles. The van der Waals surface area contributed by atoms with E-state index in [9.17, 15) is 14.7 Å². The Hall–Kier alpha value is -3.60. The highest BCUT2D eigenvalue weighted by Crippen LogP contribution is 2.52. The summed E-state index contributed by atoms with van der Waals surface area (Å²) in [6, 6.07) is 5.72. The van der Waals surface area contributed by atoms with Gasteiger partial charge < -0.3 is 34.8 Å². The first-order valence-corrected chi connectivity index (χ1v) is 15.0. The molecule has 5 heterocycles. The van der Waals surface area contributed by atoms with Gasteiger partial charge in [0.05, 0.1) is 22.3 Å². The van der Waals surface area contributed by atoms with Gasteiger partial charge in [-0.3, -0.25) is 9.59 Å². The van der Waals surface area contributed by atoms with Gasteiger partial charge in [0.2, 0.25) is 12.3 Å². The molecule has 5 aliphatic heterocycles. The second kappa shape index (κ2) is 10.3. The zero-order chi connectivity index (χ0) is 29.3. The average Bonchev–Trinajstić information content (AvgIpc) is 3.33. The summed E-state index contributed by atoms with van der Waals surface area (Å²) < 4.78 is 6.61. The molecule has 7 rings (SSSR count). The predicted molar refractivity (Wildman–Crippen MR) is 161 cm³/mol. The summed E-state index contributed by atoms with van der Waals surface area (Å²) in [5.41, 5.74) is 5.41. The normalized spacial score (nSPS) is 24.8. The fourth-order valence-corrected chi connectivity index (χ4v) is 7.27. The van der Waals surface area contributed by atoms with E-state index in [-0.39, 0.29) is 23.9 Å². The zero-order valence-corrected chi connectivity index (χ0v) is 24.7. The quantitative estimate of drug-likeness (QED) is 0.528. The number of piperazine rings is 1. The molecule has 0 aromatic heterocycles. The first-order chi connectivity index (χ1) is 20.3. The number of aliphatic hydroxyl groups excluding tert-OH is 1. The minimum Gasteiger partial charge on any atom is -0.488 e. The van der Waals surface area contributed by atoms with E-state index in [0.29, 0.717) is 60.5 Å². The van der Waals surface area contributed by atoms with E-state index < -0.39 is 6.35 Å². The lowest BCUT2D eigenvalue weighted by atomic mass is 9.89. The molecule has 0 bridgehead atoms. The molecule has 11 heteroatoms. The van der Waals surface area contributed by atoms with Crippen LogP contribution in [0.5, 0.6) is 5.75 Å². The molecule has 5 aliphatic rings. The number of ether oxygens (including phenoxy) is 1. The Morgan fingerprint density at radius 2 is 2.05 bits per heavy atom. The summed E-state index contributed by atoms with van der Waals surface area (Å²) in [6.45, 7) is 12.9. The van der Waals surface area contributed by atoms with Crippen LogP contribution in [0.1, 0.15) is 40.4 Å². The largest absolute Gasteiger partial charge is 0.488 e. The molecule has 0 spiro atoms. The molecule has 10 nitrogen and oxygen atoms in total. The highest BCUT2D eigenvalue weighted by molar-refractivity contribution is 6.35. The van der Waals surface area contributed by atoms with Crippen LogP contribution in [-0.4, -0.2) is 102 Å². The molecule has 2 N–H and O–H groups in total. The van der Waals surface area contributed by atoms with Crippen LogP contribution in [0.3, 0.4) is 0 Å². The van der Waals surface area contributed by atoms with E-state index in [1.807, 2.05) is 36.9 Å². The Balaban J connectivity index is 1.38. The third-order valence-electron chi connectivity index (χ3n) is 9.23. The number of aryl methyl sites for hydroxylation is 1. The number of amides is 2. The van der Waals surface area contributed by atoms with E-state index in [2.05, 4.69) is 21.7 Å². The van der Waals surface area contributed by atoms with Gasteiger partial charge in [0.25, 0.3) is 5.91 Å². The third-order valence-corrected chi connectivity index (χ3v) is 9.52. The number of nitrogens with zero attached hydrogens (tertiary/aromatic N) is 5. The number of fused-ring (bicyclic) bond motifs is 1. The number of carbonyl (C=O) groups excluding carboxylic acids is 2. The molecule has 2 amide bonds. The number of halogens is 1. The maximum atomic E-state index is 13.0. The number of nitrogens with one attached hydrogen (secondary N) is 1. The van der Waals surface area contributed by atoms with Gasteiger partial charge in [0.1, 0.15) is 12.4 Å². The molecule has 2 fully saturated rings. The van der Waals surface area contributed by atoms with Gasteiger partial charge in [-0.25, -0.2) is 4.99 Å². The Morgan fingerprint density at radius 3 is 2.76 bits per heavy atom. The van der Waals surface area contributed by atoms with Gasteiger partial charge in [0, 0.05) is 55.5 Å². The van der Waals surface area contributed by atoms with Crippen molar-refractivity contribution >= 4 is 34.9 Å². The highest BCUT2D eigenvalue weighted by Gasteiger charge is 2.44. The molecule has 0 radical (unpaired) electrons. The van der Waals surface area contributed by atoms with Crippen LogP contribution in [0.2, 0.25) is 5.02 Å². The van der Waals surface area contributed by atoms with Crippen molar-refractivity contribution in [2.24, 2.45) is 4.99 Å².